The summed E-state index contributed by atoms with van der Waals surface area (Å²) in [6.07, 6.45) is 3.66. The molecular weight excluding hydrogens is 224 g/mol. The summed E-state index contributed by atoms with van der Waals surface area (Å²) in [5.41, 5.74) is 2.68. The summed E-state index contributed by atoms with van der Waals surface area (Å²) in [6, 6.07) is 6.43. The smallest absolute Gasteiger partial charge is 0.119 e. The SMILES string of the molecule is CN1CCC(COc2ccc3c(c2)CCN3)CC1. The monoisotopic (exact) mass is 246 g/mol. The number of likely N-dealkylation sites (tertiary alicyclic amines) is 1. The number of benzene rings is 1. The van der Waals surface area contributed by atoms with Crippen LogP contribution in [0.15, 0.2) is 18.2 Å². The van der Waals surface area contributed by atoms with Crippen molar-refractivity contribution in [3.63, 3.8) is 0 Å². The van der Waals surface area contributed by atoms with Gasteiger partial charge in [-0.1, -0.05) is 0 Å². The molecule has 1 aromatic rings. The van der Waals surface area contributed by atoms with Crippen molar-refractivity contribution in [3.8, 4) is 5.75 Å². The predicted octanol–water partition coefficient (Wildman–Crippen LogP) is 2.38. The fourth-order valence-electron chi connectivity index (χ4n) is 2.81. The minimum Gasteiger partial charge on any atom is -0.493 e. The Labute approximate surface area is 109 Å². The number of nitrogens with zero attached hydrogens (tertiary/aromatic N) is 1. The maximum atomic E-state index is 5.96. The van der Waals surface area contributed by atoms with Crippen molar-refractivity contribution in [3.05, 3.63) is 23.8 Å². The number of fused-ring (bicyclic) bond motifs is 1. The molecule has 0 aromatic heterocycles. The summed E-state index contributed by atoms with van der Waals surface area (Å²) < 4.78 is 5.96. The molecule has 0 aliphatic carbocycles. The zero-order chi connectivity index (χ0) is 12.4. The quantitative estimate of drug-likeness (QED) is 0.886. The molecule has 2 aliphatic rings. The average molecular weight is 246 g/mol. The van der Waals surface area contributed by atoms with E-state index in [2.05, 4.69) is 35.5 Å². The Morgan fingerprint density at radius 1 is 1.33 bits per heavy atom. The van der Waals surface area contributed by atoms with Crippen molar-refractivity contribution in [1.29, 1.82) is 0 Å². The maximum Gasteiger partial charge on any atom is 0.119 e. The lowest BCUT2D eigenvalue weighted by Crippen LogP contribution is -2.32. The highest BCUT2D eigenvalue weighted by atomic mass is 16.5. The Bertz CT molecular complexity index is 411. The average Bonchev–Trinajstić information content (AvgIpc) is 2.85. The molecule has 1 fully saturated rings. The van der Waals surface area contributed by atoms with E-state index >= 15 is 0 Å². The molecule has 0 radical (unpaired) electrons. The summed E-state index contributed by atoms with van der Waals surface area (Å²) in [4.78, 5) is 2.40. The van der Waals surface area contributed by atoms with Crippen LogP contribution in [-0.2, 0) is 6.42 Å². The molecule has 1 N–H and O–H groups in total. The second kappa shape index (κ2) is 5.19. The third-order valence-electron chi connectivity index (χ3n) is 4.11. The molecule has 3 rings (SSSR count). The van der Waals surface area contributed by atoms with Gasteiger partial charge in [-0.3, -0.25) is 0 Å². The van der Waals surface area contributed by atoms with Crippen molar-refractivity contribution in [1.82, 2.24) is 4.90 Å². The first-order chi connectivity index (χ1) is 8.81. The molecule has 0 amide bonds. The van der Waals surface area contributed by atoms with Gasteiger partial charge in [-0.25, -0.2) is 0 Å². The molecule has 2 heterocycles. The van der Waals surface area contributed by atoms with Crippen LogP contribution in [0.1, 0.15) is 18.4 Å². The standard InChI is InChI=1S/C15H22N2O/c1-17-8-5-12(6-9-17)11-18-14-2-3-15-13(10-14)4-7-16-15/h2-3,10,12,16H,4-9,11H2,1H3. The molecule has 0 unspecified atom stereocenters. The van der Waals surface area contributed by atoms with E-state index in [1.165, 1.54) is 37.2 Å². The van der Waals surface area contributed by atoms with Crippen LogP contribution in [0.4, 0.5) is 5.69 Å². The summed E-state index contributed by atoms with van der Waals surface area (Å²) in [5.74, 6) is 1.77. The Balaban J connectivity index is 1.54. The van der Waals surface area contributed by atoms with Gasteiger partial charge >= 0.3 is 0 Å². The van der Waals surface area contributed by atoms with Gasteiger partial charge in [0.05, 0.1) is 6.61 Å². The van der Waals surface area contributed by atoms with E-state index in [0.29, 0.717) is 0 Å². The first kappa shape index (κ1) is 11.8. The Kier molecular flexibility index (Phi) is 3.41. The highest BCUT2D eigenvalue weighted by molar-refractivity contribution is 5.57. The molecule has 3 nitrogen and oxygen atoms in total. The van der Waals surface area contributed by atoms with Crippen molar-refractivity contribution in [2.75, 3.05) is 38.6 Å². The van der Waals surface area contributed by atoms with Gasteiger partial charge < -0.3 is 15.0 Å². The molecule has 1 saturated heterocycles. The third kappa shape index (κ3) is 2.61. The van der Waals surface area contributed by atoms with E-state index in [4.69, 9.17) is 4.74 Å². The van der Waals surface area contributed by atoms with Crippen molar-refractivity contribution < 1.29 is 4.74 Å². The lowest BCUT2D eigenvalue weighted by molar-refractivity contribution is 0.160. The second-order valence-electron chi connectivity index (χ2n) is 5.55. The van der Waals surface area contributed by atoms with Crippen LogP contribution in [-0.4, -0.2) is 38.2 Å². The van der Waals surface area contributed by atoms with E-state index in [9.17, 15) is 0 Å². The van der Waals surface area contributed by atoms with Crippen LogP contribution in [0.25, 0.3) is 0 Å². The lowest BCUT2D eigenvalue weighted by Gasteiger charge is -2.28. The van der Waals surface area contributed by atoms with E-state index in [1.54, 1.807) is 0 Å². The zero-order valence-corrected chi connectivity index (χ0v) is 11.1. The summed E-state index contributed by atoms with van der Waals surface area (Å²) >= 11 is 0. The van der Waals surface area contributed by atoms with Gasteiger partial charge in [-0.05, 0) is 69.1 Å². The number of ether oxygens (including phenoxy) is 1. The molecule has 18 heavy (non-hydrogen) atoms. The number of anilines is 1. The van der Waals surface area contributed by atoms with Crippen LogP contribution < -0.4 is 10.1 Å². The van der Waals surface area contributed by atoms with Crippen LogP contribution in [0, 0.1) is 5.92 Å². The van der Waals surface area contributed by atoms with Gasteiger partial charge in [0.15, 0.2) is 0 Å². The number of hydrogen-bond donors (Lipinski definition) is 1. The van der Waals surface area contributed by atoms with Crippen LogP contribution in [0.3, 0.4) is 0 Å². The summed E-state index contributed by atoms with van der Waals surface area (Å²) in [7, 11) is 2.20. The van der Waals surface area contributed by atoms with Gasteiger partial charge in [0.1, 0.15) is 5.75 Å². The number of rotatable bonds is 3. The Hall–Kier alpha value is -1.22. The lowest BCUT2D eigenvalue weighted by atomic mass is 9.98. The molecule has 3 heteroatoms. The normalized spacial score (nSPS) is 20.5. The highest BCUT2D eigenvalue weighted by Crippen LogP contribution is 2.27. The van der Waals surface area contributed by atoms with Crippen LogP contribution in [0.2, 0.25) is 0 Å². The molecule has 2 aliphatic heterocycles. The number of hydrogen-bond acceptors (Lipinski definition) is 3. The Morgan fingerprint density at radius 2 is 2.17 bits per heavy atom. The fourth-order valence-corrected chi connectivity index (χ4v) is 2.81. The summed E-state index contributed by atoms with van der Waals surface area (Å²) in [6.45, 7) is 4.36. The second-order valence-corrected chi connectivity index (χ2v) is 5.55. The van der Waals surface area contributed by atoms with E-state index in [1.807, 2.05) is 0 Å². The van der Waals surface area contributed by atoms with Crippen LogP contribution in [0.5, 0.6) is 5.75 Å². The van der Waals surface area contributed by atoms with Gasteiger partial charge in [-0.2, -0.15) is 0 Å². The number of nitrogens with one attached hydrogen (secondary N) is 1. The van der Waals surface area contributed by atoms with Crippen LogP contribution >= 0.6 is 0 Å². The van der Waals surface area contributed by atoms with Gasteiger partial charge in [0.2, 0.25) is 0 Å². The van der Waals surface area contributed by atoms with Crippen molar-refractivity contribution in [2.24, 2.45) is 5.92 Å². The first-order valence-electron chi connectivity index (χ1n) is 6.99. The minimum absolute atomic E-state index is 0.729. The fraction of sp³-hybridized carbons (Fsp3) is 0.600. The van der Waals surface area contributed by atoms with E-state index in [-0.39, 0.29) is 0 Å². The number of piperidine rings is 1. The maximum absolute atomic E-state index is 5.96. The zero-order valence-electron chi connectivity index (χ0n) is 11.1. The molecule has 0 bridgehead atoms. The largest absolute Gasteiger partial charge is 0.493 e. The van der Waals surface area contributed by atoms with Gasteiger partial charge in [0, 0.05) is 12.2 Å². The van der Waals surface area contributed by atoms with E-state index in [0.717, 1.165) is 31.2 Å². The van der Waals surface area contributed by atoms with Gasteiger partial charge in [0.25, 0.3) is 0 Å². The van der Waals surface area contributed by atoms with Gasteiger partial charge in [-0.15, -0.1) is 0 Å². The first-order valence-corrected chi connectivity index (χ1v) is 6.99. The molecule has 1 aromatic carbocycles. The predicted molar refractivity (Wildman–Crippen MR) is 74.4 cm³/mol. The molecule has 98 valence electrons. The Morgan fingerprint density at radius 3 is 3.00 bits per heavy atom. The molecule has 0 saturated carbocycles. The van der Waals surface area contributed by atoms with E-state index < -0.39 is 0 Å². The van der Waals surface area contributed by atoms with Crippen molar-refractivity contribution >= 4 is 5.69 Å². The molecule has 0 spiro atoms. The topological polar surface area (TPSA) is 24.5 Å². The highest BCUT2D eigenvalue weighted by Gasteiger charge is 2.17. The minimum atomic E-state index is 0.729. The van der Waals surface area contributed by atoms with Crippen molar-refractivity contribution in [2.45, 2.75) is 19.3 Å². The summed E-state index contributed by atoms with van der Waals surface area (Å²) in [5, 5.41) is 3.38. The molecular formula is C15H22N2O. The third-order valence-corrected chi connectivity index (χ3v) is 4.11. The molecule has 0 atom stereocenters.